The maximum absolute atomic E-state index is 12.3. The molecule has 2 aliphatic rings. The molecule has 23 heavy (non-hydrogen) atoms. The molecule has 1 aromatic heterocycles. The smallest absolute Gasteiger partial charge is 0.274 e. The van der Waals surface area contributed by atoms with E-state index in [1.54, 1.807) is 6.07 Å². The topological polar surface area (TPSA) is 127 Å². The van der Waals surface area contributed by atoms with E-state index in [-0.39, 0.29) is 23.7 Å². The largest absolute Gasteiger partial charge is 0.360 e. The Balaban J connectivity index is 1.60. The van der Waals surface area contributed by atoms with E-state index >= 15 is 0 Å². The summed E-state index contributed by atoms with van der Waals surface area (Å²) in [7, 11) is -3.77. The minimum absolute atomic E-state index is 0.193. The molecule has 0 bridgehead atoms. The van der Waals surface area contributed by atoms with Crippen LogP contribution in [0.5, 0.6) is 0 Å². The third-order valence-corrected chi connectivity index (χ3v) is 4.65. The van der Waals surface area contributed by atoms with E-state index in [1.807, 2.05) is 12.2 Å². The quantitative estimate of drug-likeness (QED) is 0.675. The second-order valence-corrected chi connectivity index (χ2v) is 7.42. The minimum Gasteiger partial charge on any atom is -0.360 e. The van der Waals surface area contributed by atoms with Gasteiger partial charge in [-0.25, -0.2) is 5.14 Å². The molecule has 0 unspecified atom stereocenters. The Labute approximate surface area is 134 Å². The zero-order chi connectivity index (χ0) is 16.4. The highest BCUT2D eigenvalue weighted by atomic mass is 32.2. The maximum Gasteiger partial charge on any atom is 0.274 e. The average molecular weight is 340 g/mol. The van der Waals surface area contributed by atoms with Crippen LogP contribution in [0.1, 0.15) is 54.3 Å². The first-order chi connectivity index (χ1) is 10.9. The Morgan fingerprint density at radius 1 is 1.26 bits per heavy atom. The molecule has 1 saturated carbocycles. The fourth-order valence-electron chi connectivity index (χ4n) is 2.72. The number of carbonyl (C=O) groups excluding carboxylic acids is 1. The number of hydrogen-bond donors (Lipinski definition) is 3. The standard InChI is InChI=1S/C14H20N4O4S/c15-23(20,21)18-11-4-2-1-3-10(7-11)16-14(19)12-8-13(22-17-12)9-5-6-9/h1-2,8-11,18H,3-7H2,(H,16,19)(H2,15,20,21)/t10-,11-/m0/s1. The predicted octanol–water partition coefficient (Wildman–Crippen LogP) is 0.552. The van der Waals surface area contributed by atoms with Crippen molar-refractivity contribution < 1.29 is 17.7 Å². The summed E-state index contributed by atoms with van der Waals surface area (Å²) in [6.45, 7) is 0. The molecule has 4 N–H and O–H groups in total. The summed E-state index contributed by atoms with van der Waals surface area (Å²) in [4.78, 5) is 12.3. The molecule has 1 heterocycles. The fourth-order valence-corrected chi connectivity index (χ4v) is 3.38. The third kappa shape index (κ3) is 4.63. The third-order valence-electron chi connectivity index (χ3n) is 3.98. The highest BCUT2D eigenvalue weighted by Gasteiger charge is 2.29. The Hall–Kier alpha value is -1.71. The first-order valence-electron chi connectivity index (χ1n) is 7.63. The molecule has 2 atom stereocenters. The molecule has 0 spiro atoms. The normalized spacial score (nSPS) is 25.1. The fraction of sp³-hybridized carbons (Fsp3) is 0.571. The van der Waals surface area contributed by atoms with Crippen molar-refractivity contribution in [2.75, 3.05) is 0 Å². The van der Waals surface area contributed by atoms with Gasteiger partial charge in [0.2, 0.25) is 0 Å². The second-order valence-electron chi connectivity index (χ2n) is 6.10. The van der Waals surface area contributed by atoms with Gasteiger partial charge in [0.15, 0.2) is 5.69 Å². The van der Waals surface area contributed by atoms with Crippen LogP contribution >= 0.6 is 0 Å². The van der Waals surface area contributed by atoms with Crippen molar-refractivity contribution in [2.24, 2.45) is 5.14 Å². The van der Waals surface area contributed by atoms with Crippen molar-refractivity contribution in [3.8, 4) is 0 Å². The van der Waals surface area contributed by atoms with Gasteiger partial charge in [0.05, 0.1) is 0 Å². The highest BCUT2D eigenvalue weighted by molar-refractivity contribution is 7.87. The molecule has 8 nitrogen and oxygen atoms in total. The van der Waals surface area contributed by atoms with E-state index in [4.69, 9.17) is 9.66 Å². The van der Waals surface area contributed by atoms with Gasteiger partial charge in [0.25, 0.3) is 16.1 Å². The Morgan fingerprint density at radius 3 is 2.61 bits per heavy atom. The van der Waals surface area contributed by atoms with Crippen molar-refractivity contribution in [2.45, 2.75) is 50.1 Å². The Kier molecular flexibility index (Phi) is 4.51. The molecule has 1 fully saturated rings. The van der Waals surface area contributed by atoms with Crippen molar-refractivity contribution in [1.29, 1.82) is 0 Å². The first-order valence-corrected chi connectivity index (χ1v) is 9.18. The van der Waals surface area contributed by atoms with E-state index in [1.165, 1.54) is 0 Å². The van der Waals surface area contributed by atoms with Gasteiger partial charge >= 0.3 is 0 Å². The van der Waals surface area contributed by atoms with Gasteiger partial charge < -0.3 is 9.84 Å². The van der Waals surface area contributed by atoms with Gasteiger partial charge in [0, 0.05) is 24.1 Å². The van der Waals surface area contributed by atoms with Crippen LogP contribution in [0.3, 0.4) is 0 Å². The molecule has 0 aromatic carbocycles. The van der Waals surface area contributed by atoms with Gasteiger partial charge in [-0.2, -0.15) is 13.1 Å². The van der Waals surface area contributed by atoms with Crippen LogP contribution in [0.4, 0.5) is 0 Å². The molecule has 0 saturated heterocycles. The molecule has 9 heteroatoms. The van der Waals surface area contributed by atoms with Crippen LogP contribution in [-0.4, -0.2) is 31.6 Å². The average Bonchev–Trinajstić information content (AvgIpc) is 3.22. The number of aromatic nitrogens is 1. The summed E-state index contributed by atoms with van der Waals surface area (Å²) in [6, 6.07) is 1.15. The summed E-state index contributed by atoms with van der Waals surface area (Å²) < 4.78 is 29.9. The summed E-state index contributed by atoms with van der Waals surface area (Å²) in [5.74, 6) is 0.841. The molecule has 2 aliphatic carbocycles. The summed E-state index contributed by atoms with van der Waals surface area (Å²) in [6.07, 6.45) is 7.59. The van der Waals surface area contributed by atoms with Crippen molar-refractivity contribution in [3.63, 3.8) is 0 Å². The first kappa shape index (κ1) is 16.2. The Morgan fingerprint density at radius 2 is 1.96 bits per heavy atom. The number of nitrogens with zero attached hydrogens (tertiary/aromatic N) is 1. The molecule has 1 amide bonds. The molecule has 0 radical (unpaired) electrons. The van der Waals surface area contributed by atoms with Crippen molar-refractivity contribution >= 4 is 16.1 Å². The van der Waals surface area contributed by atoms with Gasteiger partial charge in [-0.05, 0) is 32.1 Å². The lowest BCUT2D eigenvalue weighted by molar-refractivity contribution is 0.0925. The molecular formula is C14H20N4O4S. The molecular weight excluding hydrogens is 320 g/mol. The second kappa shape index (κ2) is 6.42. The summed E-state index contributed by atoms with van der Waals surface area (Å²) in [5.41, 5.74) is 0.260. The van der Waals surface area contributed by atoms with E-state index in [0.717, 1.165) is 18.6 Å². The molecule has 0 aliphatic heterocycles. The van der Waals surface area contributed by atoms with Gasteiger partial charge in [-0.15, -0.1) is 0 Å². The zero-order valence-corrected chi connectivity index (χ0v) is 13.4. The van der Waals surface area contributed by atoms with Gasteiger partial charge in [-0.3, -0.25) is 4.79 Å². The molecule has 1 aromatic rings. The van der Waals surface area contributed by atoms with Crippen LogP contribution in [0.15, 0.2) is 22.7 Å². The van der Waals surface area contributed by atoms with Crippen LogP contribution in [0.25, 0.3) is 0 Å². The van der Waals surface area contributed by atoms with E-state index in [2.05, 4.69) is 15.2 Å². The number of nitrogens with one attached hydrogen (secondary N) is 2. The maximum atomic E-state index is 12.3. The molecule has 3 rings (SSSR count). The van der Waals surface area contributed by atoms with Gasteiger partial charge in [0.1, 0.15) is 5.76 Å². The summed E-state index contributed by atoms with van der Waals surface area (Å²) in [5, 5.41) is 11.7. The van der Waals surface area contributed by atoms with Crippen LogP contribution < -0.4 is 15.2 Å². The van der Waals surface area contributed by atoms with Crippen LogP contribution in [0.2, 0.25) is 0 Å². The van der Waals surface area contributed by atoms with E-state index < -0.39 is 10.2 Å². The lowest BCUT2D eigenvalue weighted by Crippen LogP contribution is -2.44. The predicted molar refractivity (Wildman–Crippen MR) is 82.8 cm³/mol. The van der Waals surface area contributed by atoms with E-state index in [0.29, 0.717) is 25.2 Å². The van der Waals surface area contributed by atoms with E-state index in [9.17, 15) is 13.2 Å². The van der Waals surface area contributed by atoms with Gasteiger partial charge in [-0.1, -0.05) is 17.3 Å². The van der Waals surface area contributed by atoms with Crippen molar-refractivity contribution in [3.05, 3.63) is 29.7 Å². The van der Waals surface area contributed by atoms with Crippen LogP contribution in [-0.2, 0) is 10.2 Å². The number of hydrogen-bond acceptors (Lipinski definition) is 5. The lowest BCUT2D eigenvalue weighted by Gasteiger charge is -2.20. The minimum atomic E-state index is -3.77. The monoisotopic (exact) mass is 340 g/mol. The molecule has 126 valence electrons. The number of nitrogens with two attached hydrogens (primary N) is 1. The SMILES string of the molecule is NS(=O)(=O)N[C@H]1CC=CC[C@H](NC(=O)c2cc(C3CC3)on2)C1. The zero-order valence-electron chi connectivity index (χ0n) is 12.6. The number of amides is 1. The summed E-state index contributed by atoms with van der Waals surface area (Å²) >= 11 is 0. The Bertz CT molecular complexity index is 708. The highest BCUT2D eigenvalue weighted by Crippen LogP contribution is 2.40. The van der Waals surface area contributed by atoms with Crippen LogP contribution in [0, 0.1) is 0 Å². The van der Waals surface area contributed by atoms with Crippen molar-refractivity contribution in [1.82, 2.24) is 15.2 Å². The number of carbonyl (C=O) groups is 1. The lowest BCUT2D eigenvalue weighted by atomic mass is 10.1. The number of rotatable bonds is 5.